The van der Waals surface area contributed by atoms with Gasteiger partial charge >= 0.3 is 0 Å². The molecule has 2 aliphatic rings. The summed E-state index contributed by atoms with van der Waals surface area (Å²) < 4.78 is 0. The fourth-order valence-corrected chi connectivity index (χ4v) is 1.87. The molecule has 0 aliphatic heterocycles. The Morgan fingerprint density at radius 1 is 1.31 bits per heavy atom. The highest BCUT2D eigenvalue weighted by molar-refractivity contribution is 5.76. The Morgan fingerprint density at radius 2 is 2.00 bits per heavy atom. The lowest BCUT2D eigenvalue weighted by Gasteiger charge is -2.34. The SMILES string of the molecule is O=C(CC1CC1)NC1CC(CO)C1. The first-order valence-electron chi connectivity index (χ1n) is 5.18. The molecule has 2 fully saturated rings. The van der Waals surface area contributed by atoms with Crippen LogP contribution in [-0.2, 0) is 4.79 Å². The third kappa shape index (κ3) is 2.44. The van der Waals surface area contributed by atoms with Gasteiger partial charge in [-0.25, -0.2) is 0 Å². The van der Waals surface area contributed by atoms with E-state index in [1.54, 1.807) is 0 Å². The Hall–Kier alpha value is -0.570. The molecule has 0 unspecified atom stereocenters. The third-order valence-corrected chi connectivity index (χ3v) is 3.03. The summed E-state index contributed by atoms with van der Waals surface area (Å²) in [6.45, 7) is 0.273. The summed E-state index contributed by atoms with van der Waals surface area (Å²) in [5.74, 6) is 1.32. The van der Waals surface area contributed by atoms with Crippen LogP contribution in [0.15, 0.2) is 0 Å². The van der Waals surface area contributed by atoms with Crippen molar-refractivity contribution in [3.8, 4) is 0 Å². The van der Waals surface area contributed by atoms with Gasteiger partial charge < -0.3 is 10.4 Å². The van der Waals surface area contributed by atoms with Crippen molar-refractivity contribution < 1.29 is 9.90 Å². The first-order chi connectivity index (χ1) is 6.28. The number of carbonyl (C=O) groups excluding carboxylic acids is 1. The van der Waals surface area contributed by atoms with E-state index < -0.39 is 0 Å². The summed E-state index contributed by atoms with van der Waals surface area (Å²) in [4.78, 5) is 11.3. The Morgan fingerprint density at radius 3 is 2.54 bits per heavy atom. The van der Waals surface area contributed by atoms with E-state index in [-0.39, 0.29) is 12.5 Å². The van der Waals surface area contributed by atoms with Gasteiger partial charge in [0.1, 0.15) is 0 Å². The first-order valence-corrected chi connectivity index (χ1v) is 5.18. The molecule has 2 aliphatic carbocycles. The lowest BCUT2D eigenvalue weighted by molar-refractivity contribution is -0.123. The van der Waals surface area contributed by atoms with Gasteiger partial charge in [0.2, 0.25) is 5.91 Å². The lowest BCUT2D eigenvalue weighted by atomic mass is 9.81. The Bertz CT molecular complexity index is 195. The molecule has 1 amide bonds. The van der Waals surface area contributed by atoms with Gasteiger partial charge in [0.05, 0.1) is 0 Å². The molecule has 2 rings (SSSR count). The van der Waals surface area contributed by atoms with Crippen LogP contribution in [0.4, 0.5) is 0 Å². The standard InChI is InChI=1S/C10H17NO2/c12-6-8-3-9(4-8)11-10(13)5-7-1-2-7/h7-9,12H,1-6H2,(H,11,13). The minimum atomic E-state index is 0.212. The van der Waals surface area contributed by atoms with Gasteiger partial charge in [-0.1, -0.05) is 0 Å². The molecule has 0 heterocycles. The predicted molar refractivity (Wildman–Crippen MR) is 49.1 cm³/mol. The van der Waals surface area contributed by atoms with Crippen LogP contribution >= 0.6 is 0 Å². The van der Waals surface area contributed by atoms with Crippen LogP contribution in [0.25, 0.3) is 0 Å². The molecule has 3 nitrogen and oxygen atoms in total. The summed E-state index contributed by atoms with van der Waals surface area (Å²) in [7, 11) is 0. The molecular weight excluding hydrogens is 166 g/mol. The minimum Gasteiger partial charge on any atom is -0.396 e. The number of nitrogens with one attached hydrogen (secondary N) is 1. The van der Waals surface area contributed by atoms with Crippen molar-refractivity contribution in [2.45, 2.75) is 38.1 Å². The Balaban J connectivity index is 1.59. The summed E-state index contributed by atoms with van der Waals surface area (Å²) in [6.07, 6.45) is 5.12. The second-order valence-electron chi connectivity index (χ2n) is 4.43. The van der Waals surface area contributed by atoms with Gasteiger partial charge in [-0.2, -0.15) is 0 Å². The molecule has 0 spiro atoms. The van der Waals surface area contributed by atoms with Crippen LogP contribution < -0.4 is 5.32 Å². The molecule has 0 bridgehead atoms. The first kappa shape index (κ1) is 9.00. The molecule has 0 radical (unpaired) electrons. The smallest absolute Gasteiger partial charge is 0.220 e. The molecule has 0 atom stereocenters. The van der Waals surface area contributed by atoms with Crippen molar-refractivity contribution in [2.24, 2.45) is 11.8 Å². The van der Waals surface area contributed by atoms with Crippen molar-refractivity contribution in [1.82, 2.24) is 5.32 Å². The largest absolute Gasteiger partial charge is 0.396 e. The van der Waals surface area contributed by atoms with E-state index in [0.717, 1.165) is 19.3 Å². The minimum absolute atomic E-state index is 0.212. The van der Waals surface area contributed by atoms with Crippen molar-refractivity contribution >= 4 is 5.91 Å². The highest BCUT2D eigenvalue weighted by Crippen LogP contribution is 2.33. The van der Waals surface area contributed by atoms with Gasteiger partial charge in [-0.15, -0.1) is 0 Å². The normalized spacial score (nSPS) is 32.4. The molecular formula is C10H17NO2. The van der Waals surface area contributed by atoms with Crippen LogP contribution in [0.5, 0.6) is 0 Å². The average molecular weight is 183 g/mol. The third-order valence-electron chi connectivity index (χ3n) is 3.03. The van der Waals surface area contributed by atoms with Crippen molar-refractivity contribution in [2.75, 3.05) is 6.61 Å². The molecule has 13 heavy (non-hydrogen) atoms. The number of carbonyl (C=O) groups is 1. The van der Waals surface area contributed by atoms with E-state index in [1.807, 2.05) is 0 Å². The van der Waals surface area contributed by atoms with Crippen LogP contribution in [0.2, 0.25) is 0 Å². The zero-order chi connectivity index (χ0) is 9.26. The molecule has 0 aromatic carbocycles. The average Bonchev–Trinajstić information content (AvgIpc) is 2.79. The van der Waals surface area contributed by atoms with Gasteiger partial charge in [-0.3, -0.25) is 4.79 Å². The molecule has 2 saturated carbocycles. The van der Waals surface area contributed by atoms with E-state index in [1.165, 1.54) is 12.8 Å². The maximum Gasteiger partial charge on any atom is 0.220 e. The van der Waals surface area contributed by atoms with Crippen LogP contribution in [-0.4, -0.2) is 23.7 Å². The van der Waals surface area contributed by atoms with Gasteiger partial charge in [0.25, 0.3) is 0 Å². The van der Waals surface area contributed by atoms with Crippen LogP contribution in [0, 0.1) is 11.8 Å². The molecule has 0 aromatic heterocycles. The Labute approximate surface area is 78.5 Å². The number of hydrogen-bond donors (Lipinski definition) is 2. The zero-order valence-corrected chi connectivity index (χ0v) is 7.83. The predicted octanol–water partition coefficient (Wildman–Crippen LogP) is 0.674. The van der Waals surface area contributed by atoms with E-state index in [4.69, 9.17) is 5.11 Å². The van der Waals surface area contributed by atoms with Crippen LogP contribution in [0.1, 0.15) is 32.1 Å². The monoisotopic (exact) mass is 183 g/mol. The molecule has 3 heteroatoms. The fraction of sp³-hybridized carbons (Fsp3) is 0.900. The topological polar surface area (TPSA) is 49.3 Å². The zero-order valence-electron chi connectivity index (χ0n) is 7.83. The Kier molecular flexibility index (Phi) is 2.54. The quantitative estimate of drug-likeness (QED) is 0.673. The number of aliphatic hydroxyl groups excluding tert-OH is 1. The van der Waals surface area contributed by atoms with Crippen LogP contribution in [0.3, 0.4) is 0 Å². The van der Waals surface area contributed by atoms with Crippen molar-refractivity contribution in [1.29, 1.82) is 0 Å². The summed E-state index contributed by atoms with van der Waals surface area (Å²) >= 11 is 0. The van der Waals surface area contributed by atoms with Gasteiger partial charge in [0.15, 0.2) is 0 Å². The summed E-state index contributed by atoms with van der Waals surface area (Å²) in [6, 6.07) is 0.350. The molecule has 0 saturated heterocycles. The number of rotatable bonds is 4. The van der Waals surface area contributed by atoms with Gasteiger partial charge in [-0.05, 0) is 37.5 Å². The second kappa shape index (κ2) is 3.66. The highest BCUT2D eigenvalue weighted by atomic mass is 16.3. The van der Waals surface area contributed by atoms with E-state index in [0.29, 0.717) is 17.9 Å². The van der Waals surface area contributed by atoms with E-state index in [2.05, 4.69) is 5.32 Å². The second-order valence-corrected chi connectivity index (χ2v) is 4.43. The highest BCUT2D eigenvalue weighted by Gasteiger charge is 2.31. The van der Waals surface area contributed by atoms with Crippen molar-refractivity contribution in [3.05, 3.63) is 0 Å². The van der Waals surface area contributed by atoms with Gasteiger partial charge in [0, 0.05) is 19.1 Å². The molecule has 74 valence electrons. The van der Waals surface area contributed by atoms with Crippen molar-refractivity contribution in [3.63, 3.8) is 0 Å². The number of hydrogen-bond acceptors (Lipinski definition) is 2. The number of aliphatic hydroxyl groups is 1. The molecule has 0 aromatic rings. The number of amides is 1. The lowest BCUT2D eigenvalue weighted by Crippen LogP contribution is -2.45. The summed E-state index contributed by atoms with van der Waals surface area (Å²) in [5.41, 5.74) is 0. The summed E-state index contributed by atoms with van der Waals surface area (Å²) in [5, 5.41) is 11.8. The van der Waals surface area contributed by atoms with E-state index in [9.17, 15) is 4.79 Å². The van der Waals surface area contributed by atoms with E-state index >= 15 is 0 Å². The fourth-order valence-electron chi connectivity index (χ4n) is 1.87. The maximum atomic E-state index is 11.3. The molecule has 2 N–H and O–H groups in total. The maximum absolute atomic E-state index is 11.3.